The Kier molecular flexibility index (Phi) is 4.99. The second-order valence-corrected chi connectivity index (χ2v) is 9.33. The predicted octanol–water partition coefficient (Wildman–Crippen LogP) is 2.78. The molecule has 2 aliphatic heterocycles. The number of likely N-dealkylation sites (tertiary alicyclic amines) is 1. The lowest BCUT2D eigenvalue weighted by Gasteiger charge is -2.38. The van der Waals surface area contributed by atoms with Crippen LogP contribution >= 0.6 is 11.6 Å². The summed E-state index contributed by atoms with van der Waals surface area (Å²) < 4.78 is 22.4. The Morgan fingerprint density at radius 3 is 2.84 bits per heavy atom. The van der Waals surface area contributed by atoms with E-state index in [1.54, 1.807) is 18.1 Å². The van der Waals surface area contributed by atoms with E-state index in [2.05, 4.69) is 10.3 Å². The number of aromatic nitrogens is 3. The van der Waals surface area contributed by atoms with Crippen molar-refractivity contribution in [3.8, 4) is 5.75 Å². The number of rotatable bonds is 5. The lowest BCUT2D eigenvalue weighted by molar-refractivity contribution is -0.128. The van der Waals surface area contributed by atoms with E-state index in [9.17, 15) is 14.7 Å². The van der Waals surface area contributed by atoms with E-state index in [1.807, 2.05) is 0 Å². The maximum atomic E-state index is 15.1. The van der Waals surface area contributed by atoms with E-state index in [0.29, 0.717) is 36.2 Å². The van der Waals surface area contributed by atoms with Crippen LogP contribution in [0.15, 0.2) is 12.3 Å². The maximum absolute atomic E-state index is 15.1. The molecule has 1 aromatic carbocycles. The van der Waals surface area contributed by atoms with Crippen LogP contribution in [0, 0.1) is 11.2 Å². The maximum Gasteiger partial charge on any atom is 0.407 e. The minimum Gasteiger partial charge on any atom is -0.484 e. The number of ether oxygens (including phenoxy) is 1. The highest BCUT2D eigenvalue weighted by Gasteiger charge is 2.52. The number of fused-ring (bicyclic) bond motifs is 1. The van der Waals surface area contributed by atoms with E-state index >= 15 is 4.39 Å². The second-order valence-electron chi connectivity index (χ2n) is 8.93. The number of hydrogen-bond donors (Lipinski definition) is 1. The number of halogens is 2. The molecule has 2 fully saturated rings. The highest BCUT2D eigenvalue weighted by atomic mass is 35.5. The molecule has 0 unspecified atom stereocenters. The molecule has 2 amide bonds. The first-order valence-electron chi connectivity index (χ1n) is 10.5. The van der Waals surface area contributed by atoms with Crippen molar-refractivity contribution in [2.75, 3.05) is 19.6 Å². The van der Waals surface area contributed by atoms with Gasteiger partial charge >= 0.3 is 6.09 Å². The van der Waals surface area contributed by atoms with E-state index in [4.69, 9.17) is 16.3 Å². The Morgan fingerprint density at radius 1 is 1.44 bits per heavy atom. The van der Waals surface area contributed by atoms with Crippen molar-refractivity contribution in [2.24, 2.45) is 12.5 Å². The van der Waals surface area contributed by atoms with Crippen LogP contribution in [0.3, 0.4) is 0 Å². The van der Waals surface area contributed by atoms with Gasteiger partial charge in [-0.05, 0) is 36.3 Å². The van der Waals surface area contributed by atoms with E-state index in [0.717, 1.165) is 12.8 Å². The zero-order chi connectivity index (χ0) is 22.6. The fourth-order valence-corrected chi connectivity index (χ4v) is 5.14. The first kappa shape index (κ1) is 21.0. The van der Waals surface area contributed by atoms with Crippen molar-refractivity contribution in [1.29, 1.82) is 0 Å². The third-order valence-corrected chi connectivity index (χ3v) is 6.99. The Labute approximate surface area is 188 Å². The molecule has 1 aromatic heterocycles. The van der Waals surface area contributed by atoms with Crippen LogP contribution in [0.2, 0.25) is 5.02 Å². The zero-order valence-electron chi connectivity index (χ0n) is 17.6. The molecule has 1 atom stereocenters. The Morgan fingerprint density at radius 2 is 2.22 bits per heavy atom. The average Bonchev–Trinajstić information content (AvgIpc) is 3.23. The summed E-state index contributed by atoms with van der Waals surface area (Å²) in [5.41, 5.74) is 1.58. The van der Waals surface area contributed by atoms with Crippen molar-refractivity contribution in [2.45, 2.75) is 38.3 Å². The van der Waals surface area contributed by atoms with Gasteiger partial charge in [-0.3, -0.25) is 14.4 Å². The molecular formula is C21H23ClFN5O4. The molecule has 32 heavy (non-hydrogen) atoms. The molecule has 170 valence electrons. The van der Waals surface area contributed by atoms with Gasteiger partial charge in [0.1, 0.15) is 12.3 Å². The second kappa shape index (κ2) is 7.61. The Balaban J connectivity index is 1.52. The van der Waals surface area contributed by atoms with E-state index < -0.39 is 18.0 Å². The quantitative estimate of drug-likeness (QED) is 0.731. The monoisotopic (exact) mass is 463 g/mol. The summed E-state index contributed by atoms with van der Waals surface area (Å²) >= 11 is 6.37. The molecule has 1 spiro atoms. The summed E-state index contributed by atoms with van der Waals surface area (Å²) in [5, 5.41) is 17.9. The molecule has 9 nitrogen and oxygen atoms in total. The van der Waals surface area contributed by atoms with Crippen LogP contribution in [-0.4, -0.2) is 61.5 Å². The van der Waals surface area contributed by atoms with Crippen molar-refractivity contribution < 1.29 is 23.8 Å². The molecular weight excluding hydrogens is 441 g/mol. The summed E-state index contributed by atoms with van der Waals surface area (Å²) in [6, 6.07) is 0.416. The normalized spacial score (nSPS) is 21.2. The minimum atomic E-state index is -1.13. The van der Waals surface area contributed by atoms with E-state index in [-0.39, 0.29) is 41.8 Å². The number of amides is 2. The van der Waals surface area contributed by atoms with Gasteiger partial charge in [0.2, 0.25) is 5.91 Å². The van der Waals surface area contributed by atoms with Gasteiger partial charge in [0.05, 0.1) is 12.2 Å². The van der Waals surface area contributed by atoms with Gasteiger partial charge in [-0.1, -0.05) is 16.8 Å². The average molecular weight is 464 g/mol. The van der Waals surface area contributed by atoms with Gasteiger partial charge < -0.3 is 14.7 Å². The summed E-state index contributed by atoms with van der Waals surface area (Å²) in [4.78, 5) is 27.7. The van der Waals surface area contributed by atoms with Gasteiger partial charge in [-0.15, -0.1) is 5.10 Å². The summed E-state index contributed by atoms with van der Waals surface area (Å²) in [7, 11) is 1.71. The molecule has 2 aromatic rings. The third-order valence-electron chi connectivity index (χ3n) is 6.66. The molecule has 5 rings (SSSR count). The molecule has 11 heteroatoms. The van der Waals surface area contributed by atoms with Gasteiger partial charge in [-0.2, -0.15) is 0 Å². The highest BCUT2D eigenvalue weighted by Crippen LogP contribution is 2.53. The molecule has 1 saturated heterocycles. The Bertz CT molecular complexity index is 1100. The molecule has 0 bridgehead atoms. The topological polar surface area (TPSA) is 101 Å². The van der Waals surface area contributed by atoms with Crippen LogP contribution in [-0.2, 0) is 24.9 Å². The number of hydrogen-bond acceptors (Lipinski definition) is 5. The van der Waals surface area contributed by atoms with Crippen LogP contribution in [0.25, 0.3) is 0 Å². The number of carbonyl (C=O) groups is 2. The van der Waals surface area contributed by atoms with Crippen molar-refractivity contribution in [3.63, 3.8) is 0 Å². The molecule has 1 aliphatic carbocycles. The number of aryl methyl sites for hydroxylation is 1. The number of nitrogens with zero attached hydrogens (tertiary/aromatic N) is 5. The predicted molar refractivity (Wildman–Crippen MR) is 111 cm³/mol. The minimum absolute atomic E-state index is 0.00416. The standard InChI is InChI=1S/C21H23ClFN5O4/c1-26-8-12(24-25-26)10-32-19-15(23)6-14(22)13-2-5-28(20(30)31)16(18(13)19)9-27-11-21(3-4-21)7-17(27)29/h6,8,16H,2-5,7,9-11H2,1H3,(H,30,31)/t16-/m1/s1. The van der Waals surface area contributed by atoms with Gasteiger partial charge in [0.15, 0.2) is 11.6 Å². The first-order chi connectivity index (χ1) is 15.3. The number of carbonyl (C=O) groups excluding carboxylic acids is 1. The van der Waals surface area contributed by atoms with Crippen LogP contribution in [0.4, 0.5) is 9.18 Å². The molecule has 1 N–H and O–H groups in total. The lowest BCUT2D eigenvalue weighted by Crippen LogP contribution is -2.45. The largest absolute Gasteiger partial charge is 0.484 e. The lowest BCUT2D eigenvalue weighted by atomic mass is 9.91. The zero-order valence-corrected chi connectivity index (χ0v) is 18.3. The van der Waals surface area contributed by atoms with Gasteiger partial charge in [0.25, 0.3) is 0 Å². The molecule has 0 radical (unpaired) electrons. The van der Waals surface area contributed by atoms with Crippen LogP contribution in [0.1, 0.15) is 42.1 Å². The SMILES string of the molecule is Cn1cc(COc2c(F)cc(Cl)c3c2[C@@H](CN2CC4(CC4)CC2=O)N(C(=O)O)CC3)nn1. The third kappa shape index (κ3) is 3.66. The first-order valence-corrected chi connectivity index (χ1v) is 10.9. The van der Waals surface area contributed by atoms with Gasteiger partial charge in [-0.25, -0.2) is 9.18 Å². The van der Waals surface area contributed by atoms with Crippen LogP contribution in [0.5, 0.6) is 5.75 Å². The van der Waals surface area contributed by atoms with Crippen LogP contribution < -0.4 is 4.74 Å². The molecule has 1 saturated carbocycles. The molecule has 3 heterocycles. The number of carboxylic acid groups (broad SMARTS) is 1. The van der Waals surface area contributed by atoms with Crippen molar-refractivity contribution in [3.05, 3.63) is 39.9 Å². The number of benzene rings is 1. The van der Waals surface area contributed by atoms with Crippen molar-refractivity contribution in [1.82, 2.24) is 24.8 Å². The fraction of sp³-hybridized carbons (Fsp3) is 0.524. The highest BCUT2D eigenvalue weighted by molar-refractivity contribution is 6.31. The summed E-state index contributed by atoms with van der Waals surface area (Å²) in [5.74, 6) is -0.732. The summed E-state index contributed by atoms with van der Waals surface area (Å²) in [6.07, 6.45) is 3.35. The van der Waals surface area contributed by atoms with Gasteiger partial charge in [0, 0.05) is 43.7 Å². The Hall–Kier alpha value is -2.88. The smallest absolute Gasteiger partial charge is 0.407 e. The molecule has 3 aliphatic rings. The van der Waals surface area contributed by atoms with E-state index in [1.165, 1.54) is 15.6 Å². The fourth-order valence-electron chi connectivity index (χ4n) is 4.85. The summed E-state index contributed by atoms with van der Waals surface area (Å²) in [6.45, 7) is 0.907. The van der Waals surface area contributed by atoms with Crippen molar-refractivity contribution >= 4 is 23.6 Å².